The molecule has 0 spiro atoms. The molecule has 1 unspecified atom stereocenters. The second-order valence-corrected chi connectivity index (χ2v) is 7.70. The Morgan fingerprint density at radius 3 is 2.04 bits per heavy atom. The lowest BCUT2D eigenvalue weighted by molar-refractivity contribution is -0.134. The average molecular weight is 344 g/mol. The first kappa shape index (κ1) is 19.5. The number of hydrogen-bond donors (Lipinski definition) is 1. The molecule has 1 aliphatic rings. The molecule has 1 atom stereocenters. The van der Waals surface area contributed by atoms with E-state index in [1.54, 1.807) is 0 Å². The Hall–Kier alpha value is -1.84. The molecule has 1 N–H and O–H groups in total. The highest BCUT2D eigenvalue weighted by molar-refractivity contribution is 5.88. The van der Waals surface area contributed by atoms with Gasteiger partial charge in [0, 0.05) is 13.1 Å². The van der Waals surface area contributed by atoms with Crippen LogP contribution in [0, 0.1) is 5.92 Å². The van der Waals surface area contributed by atoms with Gasteiger partial charge in [-0.1, -0.05) is 52.0 Å². The van der Waals surface area contributed by atoms with Crippen molar-refractivity contribution in [1.29, 1.82) is 0 Å². The molecular weight excluding hydrogens is 312 g/mol. The van der Waals surface area contributed by atoms with Gasteiger partial charge in [-0.3, -0.25) is 9.59 Å². The van der Waals surface area contributed by atoms with E-state index in [4.69, 9.17) is 0 Å². The van der Waals surface area contributed by atoms with Gasteiger partial charge < -0.3 is 10.2 Å². The molecule has 1 fully saturated rings. The van der Waals surface area contributed by atoms with Crippen molar-refractivity contribution in [2.24, 2.45) is 5.92 Å². The van der Waals surface area contributed by atoms with Crippen LogP contribution in [0.2, 0.25) is 0 Å². The van der Waals surface area contributed by atoms with E-state index in [0.717, 1.165) is 31.5 Å². The third kappa shape index (κ3) is 5.32. The average Bonchev–Trinajstić information content (AvgIpc) is 2.60. The summed E-state index contributed by atoms with van der Waals surface area (Å²) in [4.78, 5) is 26.8. The number of rotatable bonds is 6. The summed E-state index contributed by atoms with van der Waals surface area (Å²) in [5.74, 6) is 0.399. The van der Waals surface area contributed by atoms with E-state index in [2.05, 4.69) is 31.3 Å². The van der Waals surface area contributed by atoms with Gasteiger partial charge in [0.15, 0.2) is 0 Å². The van der Waals surface area contributed by atoms with Crippen molar-refractivity contribution in [1.82, 2.24) is 10.2 Å². The van der Waals surface area contributed by atoms with Gasteiger partial charge in [0.2, 0.25) is 11.8 Å². The quantitative estimate of drug-likeness (QED) is 0.856. The number of benzene rings is 1. The van der Waals surface area contributed by atoms with Gasteiger partial charge >= 0.3 is 0 Å². The zero-order chi connectivity index (χ0) is 18.4. The lowest BCUT2D eigenvalue weighted by Gasteiger charge is -2.27. The summed E-state index contributed by atoms with van der Waals surface area (Å²) >= 11 is 0. The fourth-order valence-corrected chi connectivity index (χ4v) is 3.46. The number of carbonyl (C=O) groups is 2. The summed E-state index contributed by atoms with van der Waals surface area (Å²) in [6, 6.07) is 8.29. The molecule has 0 aromatic heterocycles. The minimum absolute atomic E-state index is 0.0331. The second-order valence-electron chi connectivity index (χ2n) is 7.70. The first-order chi connectivity index (χ1) is 11.9. The first-order valence-corrected chi connectivity index (χ1v) is 9.55. The first-order valence-electron chi connectivity index (χ1n) is 9.55. The Balaban J connectivity index is 1.98. The highest BCUT2D eigenvalue weighted by atomic mass is 16.2. The summed E-state index contributed by atoms with van der Waals surface area (Å²) in [6.07, 6.45) is 3.32. The summed E-state index contributed by atoms with van der Waals surface area (Å²) in [6.45, 7) is 10.2. The van der Waals surface area contributed by atoms with E-state index in [1.165, 1.54) is 12.0 Å². The molecule has 2 amide bonds. The van der Waals surface area contributed by atoms with Gasteiger partial charge in [0.05, 0.1) is 12.5 Å². The van der Waals surface area contributed by atoms with Gasteiger partial charge in [-0.05, 0) is 42.2 Å². The molecule has 2 rings (SSSR count). The molecular formula is C21H32N2O2. The third-order valence-corrected chi connectivity index (χ3v) is 5.03. The predicted molar refractivity (Wildman–Crippen MR) is 102 cm³/mol. The topological polar surface area (TPSA) is 49.4 Å². The van der Waals surface area contributed by atoms with E-state index >= 15 is 0 Å². The molecule has 138 valence electrons. The molecule has 1 aromatic carbocycles. The SMILES string of the molecule is CC(C)c1ccc(C(C(=O)NCC(=O)N2CCCCC2)C(C)C)cc1. The highest BCUT2D eigenvalue weighted by Gasteiger charge is 2.25. The Bertz CT molecular complexity index is 572. The van der Waals surface area contributed by atoms with Crippen LogP contribution in [-0.4, -0.2) is 36.3 Å². The number of nitrogens with zero attached hydrogens (tertiary/aromatic N) is 1. The van der Waals surface area contributed by atoms with Gasteiger partial charge in [-0.15, -0.1) is 0 Å². The predicted octanol–water partition coefficient (Wildman–Crippen LogP) is 3.68. The summed E-state index contributed by atoms with van der Waals surface area (Å²) in [7, 11) is 0. The zero-order valence-corrected chi connectivity index (χ0v) is 16.0. The van der Waals surface area contributed by atoms with Crippen LogP contribution in [0.25, 0.3) is 0 Å². The largest absolute Gasteiger partial charge is 0.346 e. The van der Waals surface area contributed by atoms with Crippen LogP contribution in [0.15, 0.2) is 24.3 Å². The smallest absolute Gasteiger partial charge is 0.241 e. The maximum absolute atomic E-state index is 12.7. The molecule has 1 heterocycles. The number of likely N-dealkylation sites (tertiary alicyclic amines) is 1. The molecule has 1 aromatic rings. The van der Waals surface area contributed by atoms with E-state index < -0.39 is 0 Å². The van der Waals surface area contributed by atoms with Crippen molar-refractivity contribution in [2.75, 3.05) is 19.6 Å². The van der Waals surface area contributed by atoms with Crippen LogP contribution in [0.1, 0.15) is 69.9 Å². The van der Waals surface area contributed by atoms with E-state index in [9.17, 15) is 9.59 Å². The zero-order valence-electron chi connectivity index (χ0n) is 16.0. The van der Waals surface area contributed by atoms with Crippen molar-refractivity contribution in [3.05, 3.63) is 35.4 Å². The van der Waals surface area contributed by atoms with Gasteiger partial charge in [0.1, 0.15) is 0 Å². The molecule has 0 saturated carbocycles. The summed E-state index contributed by atoms with van der Waals surface area (Å²) in [5, 5.41) is 2.87. The monoisotopic (exact) mass is 344 g/mol. The minimum atomic E-state index is -0.227. The third-order valence-electron chi connectivity index (χ3n) is 5.03. The van der Waals surface area contributed by atoms with Crippen LogP contribution in [0.3, 0.4) is 0 Å². The molecule has 4 heteroatoms. The van der Waals surface area contributed by atoms with Gasteiger partial charge in [-0.25, -0.2) is 0 Å². The maximum Gasteiger partial charge on any atom is 0.241 e. The Morgan fingerprint density at radius 1 is 0.960 bits per heavy atom. The second kappa shape index (κ2) is 9.02. The van der Waals surface area contributed by atoms with Crippen LogP contribution < -0.4 is 5.32 Å². The highest BCUT2D eigenvalue weighted by Crippen LogP contribution is 2.26. The molecule has 1 aliphatic heterocycles. The number of carbonyl (C=O) groups excluding carboxylic acids is 2. The number of amides is 2. The van der Waals surface area contributed by atoms with Crippen molar-refractivity contribution < 1.29 is 9.59 Å². The van der Waals surface area contributed by atoms with E-state index in [-0.39, 0.29) is 30.2 Å². The lowest BCUT2D eigenvalue weighted by atomic mass is 9.86. The standard InChI is InChI=1S/C21H32N2O2/c1-15(2)17-8-10-18(11-9-17)20(16(3)4)21(25)22-14-19(24)23-12-6-5-7-13-23/h8-11,15-16,20H,5-7,12-14H2,1-4H3,(H,22,25). The molecule has 4 nitrogen and oxygen atoms in total. The molecule has 0 bridgehead atoms. The van der Waals surface area contributed by atoms with E-state index in [0.29, 0.717) is 5.92 Å². The van der Waals surface area contributed by atoms with Gasteiger partial charge in [-0.2, -0.15) is 0 Å². The number of piperidine rings is 1. The fraction of sp³-hybridized carbons (Fsp3) is 0.619. The number of nitrogens with one attached hydrogen (secondary N) is 1. The van der Waals surface area contributed by atoms with E-state index in [1.807, 2.05) is 30.9 Å². The molecule has 1 saturated heterocycles. The Morgan fingerprint density at radius 2 is 1.52 bits per heavy atom. The van der Waals surface area contributed by atoms with Gasteiger partial charge in [0.25, 0.3) is 0 Å². The van der Waals surface area contributed by atoms with Crippen molar-refractivity contribution in [3.8, 4) is 0 Å². The van der Waals surface area contributed by atoms with Crippen molar-refractivity contribution >= 4 is 11.8 Å². The summed E-state index contributed by atoms with van der Waals surface area (Å²) < 4.78 is 0. The van der Waals surface area contributed by atoms with Crippen molar-refractivity contribution in [3.63, 3.8) is 0 Å². The van der Waals surface area contributed by atoms with Crippen LogP contribution in [-0.2, 0) is 9.59 Å². The molecule has 0 aliphatic carbocycles. The normalized spacial score (nSPS) is 16.2. The summed E-state index contributed by atoms with van der Waals surface area (Å²) in [5.41, 5.74) is 2.29. The molecule has 0 radical (unpaired) electrons. The Kier molecular flexibility index (Phi) is 7.03. The van der Waals surface area contributed by atoms with Crippen LogP contribution in [0.5, 0.6) is 0 Å². The Labute approximate surface area is 152 Å². The molecule has 25 heavy (non-hydrogen) atoms. The maximum atomic E-state index is 12.7. The van der Waals surface area contributed by atoms with Crippen LogP contribution in [0.4, 0.5) is 0 Å². The minimum Gasteiger partial charge on any atom is -0.346 e. The fourth-order valence-electron chi connectivity index (χ4n) is 3.46. The number of hydrogen-bond acceptors (Lipinski definition) is 2. The van der Waals surface area contributed by atoms with Crippen LogP contribution >= 0.6 is 0 Å². The van der Waals surface area contributed by atoms with Crippen molar-refractivity contribution in [2.45, 2.75) is 58.8 Å². The lowest BCUT2D eigenvalue weighted by Crippen LogP contribution is -2.44.